The van der Waals surface area contributed by atoms with E-state index in [9.17, 15) is 0 Å². The topological polar surface area (TPSA) is 51.0 Å². The molecule has 4 nitrogen and oxygen atoms in total. The molecule has 0 bridgehead atoms. The molecule has 1 unspecified atom stereocenters. The van der Waals surface area contributed by atoms with Gasteiger partial charge in [0.1, 0.15) is 23.7 Å². The van der Waals surface area contributed by atoms with Gasteiger partial charge in [0.25, 0.3) is 0 Å². The van der Waals surface area contributed by atoms with E-state index in [2.05, 4.69) is 28.3 Å². The molecule has 3 aromatic rings. The highest BCUT2D eigenvalue weighted by Crippen LogP contribution is 2.29. The Bertz CT molecular complexity index is 716. The molecular weight excluding hydrogens is 258 g/mol. The summed E-state index contributed by atoms with van der Waals surface area (Å²) in [7, 11) is 0. The van der Waals surface area contributed by atoms with E-state index in [-0.39, 0.29) is 6.04 Å². The third kappa shape index (κ3) is 2.21. The van der Waals surface area contributed by atoms with Crippen LogP contribution in [0.4, 0.5) is 5.82 Å². The zero-order valence-electron chi connectivity index (χ0n) is 11.1. The molecule has 0 fully saturated rings. The van der Waals surface area contributed by atoms with Crippen LogP contribution in [0.3, 0.4) is 0 Å². The normalized spacial score (nSPS) is 12.8. The van der Waals surface area contributed by atoms with Crippen molar-refractivity contribution in [1.29, 1.82) is 0 Å². The average molecular weight is 273 g/mol. The molecule has 0 aliphatic rings. The summed E-state index contributed by atoms with van der Waals surface area (Å²) in [6.45, 7) is 6.06. The third-order valence-corrected chi connectivity index (χ3v) is 4.05. The summed E-state index contributed by atoms with van der Waals surface area (Å²) >= 11 is 1.65. The van der Waals surface area contributed by atoms with Crippen molar-refractivity contribution in [1.82, 2.24) is 9.97 Å². The van der Waals surface area contributed by atoms with Gasteiger partial charge in [-0.15, -0.1) is 11.3 Å². The monoisotopic (exact) mass is 273 g/mol. The molecule has 0 saturated carbocycles. The predicted molar refractivity (Wildman–Crippen MR) is 77.6 cm³/mol. The highest BCUT2D eigenvalue weighted by molar-refractivity contribution is 7.17. The number of anilines is 1. The van der Waals surface area contributed by atoms with Crippen LogP contribution in [-0.4, -0.2) is 9.97 Å². The zero-order chi connectivity index (χ0) is 13.4. The van der Waals surface area contributed by atoms with E-state index in [1.807, 2.05) is 25.3 Å². The Hall–Kier alpha value is -1.88. The van der Waals surface area contributed by atoms with Crippen molar-refractivity contribution >= 4 is 27.4 Å². The van der Waals surface area contributed by atoms with Crippen molar-refractivity contribution in [3.63, 3.8) is 0 Å². The van der Waals surface area contributed by atoms with Gasteiger partial charge in [0.2, 0.25) is 0 Å². The highest BCUT2D eigenvalue weighted by Gasteiger charge is 2.14. The molecule has 1 N–H and O–H groups in total. The number of nitrogens with one attached hydrogen (secondary N) is 1. The number of aromatic nitrogens is 2. The van der Waals surface area contributed by atoms with Gasteiger partial charge in [-0.2, -0.15) is 0 Å². The maximum atomic E-state index is 5.58. The summed E-state index contributed by atoms with van der Waals surface area (Å²) in [5.41, 5.74) is 2.15. The van der Waals surface area contributed by atoms with Crippen LogP contribution >= 0.6 is 11.3 Å². The second kappa shape index (κ2) is 4.66. The Labute approximate surface area is 115 Å². The average Bonchev–Trinajstić information content (AvgIpc) is 2.96. The molecule has 19 heavy (non-hydrogen) atoms. The van der Waals surface area contributed by atoms with Crippen LogP contribution in [0.1, 0.15) is 30.0 Å². The lowest BCUT2D eigenvalue weighted by molar-refractivity contribution is 0.500. The molecule has 0 radical (unpaired) electrons. The van der Waals surface area contributed by atoms with E-state index in [4.69, 9.17) is 4.42 Å². The third-order valence-electron chi connectivity index (χ3n) is 3.14. The number of thiophene rings is 1. The quantitative estimate of drug-likeness (QED) is 0.781. The van der Waals surface area contributed by atoms with Gasteiger partial charge in [0.05, 0.1) is 16.3 Å². The van der Waals surface area contributed by atoms with Crippen LogP contribution in [0.5, 0.6) is 0 Å². The van der Waals surface area contributed by atoms with Gasteiger partial charge >= 0.3 is 0 Å². The second-order valence-electron chi connectivity index (χ2n) is 4.59. The highest BCUT2D eigenvalue weighted by atomic mass is 32.1. The smallest absolute Gasteiger partial charge is 0.147 e. The Balaban J connectivity index is 1.92. The zero-order valence-corrected chi connectivity index (χ0v) is 11.9. The number of hydrogen-bond donors (Lipinski definition) is 1. The van der Waals surface area contributed by atoms with Crippen LogP contribution in [-0.2, 0) is 0 Å². The molecule has 5 heteroatoms. The van der Waals surface area contributed by atoms with Crippen molar-refractivity contribution in [2.75, 3.05) is 5.32 Å². The lowest BCUT2D eigenvalue weighted by atomic mass is 10.1. The van der Waals surface area contributed by atoms with Gasteiger partial charge in [-0.1, -0.05) is 0 Å². The number of nitrogens with zero attached hydrogens (tertiary/aromatic N) is 2. The summed E-state index contributed by atoms with van der Waals surface area (Å²) in [6.07, 6.45) is 1.59. The fourth-order valence-corrected chi connectivity index (χ4v) is 3.05. The summed E-state index contributed by atoms with van der Waals surface area (Å²) in [6, 6.07) is 4.22. The van der Waals surface area contributed by atoms with Gasteiger partial charge in [0.15, 0.2) is 0 Å². The fourth-order valence-electron chi connectivity index (χ4n) is 2.25. The van der Waals surface area contributed by atoms with E-state index in [1.54, 1.807) is 17.7 Å². The first-order chi connectivity index (χ1) is 9.15. The van der Waals surface area contributed by atoms with Crippen molar-refractivity contribution in [2.24, 2.45) is 0 Å². The molecule has 3 aromatic heterocycles. The predicted octanol–water partition coefficient (Wildman–Crippen LogP) is 4.07. The molecule has 0 aliphatic carbocycles. The van der Waals surface area contributed by atoms with Gasteiger partial charge < -0.3 is 9.73 Å². The second-order valence-corrected chi connectivity index (χ2v) is 5.51. The molecule has 98 valence electrons. The summed E-state index contributed by atoms with van der Waals surface area (Å²) in [4.78, 5) is 8.58. The van der Waals surface area contributed by atoms with Crippen LogP contribution < -0.4 is 5.32 Å². The molecule has 0 saturated heterocycles. The van der Waals surface area contributed by atoms with Gasteiger partial charge in [-0.25, -0.2) is 9.97 Å². The number of rotatable bonds is 3. The molecule has 3 rings (SSSR count). The van der Waals surface area contributed by atoms with Gasteiger partial charge in [-0.05, 0) is 38.3 Å². The maximum Gasteiger partial charge on any atom is 0.147 e. The number of aryl methyl sites for hydroxylation is 2. The van der Waals surface area contributed by atoms with E-state index in [1.165, 1.54) is 5.56 Å². The fraction of sp³-hybridized carbons (Fsp3) is 0.286. The summed E-state index contributed by atoms with van der Waals surface area (Å²) in [5, 5.41) is 5.47. The Morgan fingerprint density at radius 1 is 1.32 bits per heavy atom. The molecule has 0 aromatic carbocycles. The van der Waals surface area contributed by atoms with Crippen LogP contribution in [0.2, 0.25) is 0 Å². The first kappa shape index (κ1) is 12.2. The van der Waals surface area contributed by atoms with Crippen LogP contribution in [0.25, 0.3) is 10.2 Å². The molecule has 0 aliphatic heterocycles. The Morgan fingerprint density at radius 3 is 2.89 bits per heavy atom. The van der Waals surface area contributed by atoms with Crippen LogP contribution in [0, 0.1) is 13.8 Å². The van der Waals surface area contributed by atoms with Crippen LogP contribution in [0.15, 0.2) is 28.3 Å². The first-order valence-corrected chi connectivity index (χ1v) is 7.05. The molecule has 3 heterocycles. The molecule has 1 atom stereocenters. The first-order valence-electron chi connectivity index (χ1n) is 6.17. The standard InChI is InChI=1S/C14H15N3OS/c1-8-6-11(10(3)18-8)9(2)17-14-13-12(4-5-19-13)15-7-16-14/h4-7,9H,1-3H3,(H,15,16,17). The minimum absolute atomic E-state index is 0.151. The lowest BCUT2D eigenvalue weighted by Crippen LogP contribution is -2.08. The van der Waals surface area contributed by atoms with Gasteiger partial charge in [0, 0.05) is 5.56 Å². The minimum atomic E-state index is 0.151. The summed E-state index contributed by atoms with van der Waals surface area (Å²) < 4.78 is 6.67. The molecule has 0 spiro atoms. The van der Waals surface area contributed by atoms with E-state index < -0.39 is 0 Å². The van der Waals surface area contributed by atoms with Crippen molar-refractivity contribution in [2.45, 2.75) is 26.8 Å². The lowest BCUT2D eigenvalue weighted by Gasteiger charge is -2.14. The molecule has 0 amide bonds. The SMILES string of the molecule is Cc1cc(C(C)Nc2ncnc3ccsc23)c(C)o1. The number of furan rings is 1. The largest absolute Gasteiger partial charge is 0.466 e. The minimum Gasteiger partial charge on any atom is -0.466 e. The number of fused-ring (bicyclic) bond motifs is 1. The van der Waals surface area contributed by atoms with Gasteiger partial charge in [-0.3, -0.25) is 0 Å². The van der Waals surface area contributed by atoms with E-state index in [0.717, 1.165) is 27.6 Å². The molecular formula is C14H15N3OS. The van der Waals surface area contributed by atoms with Crippen molar-refractivity contribution in [3.05, 3.63) is 40.9 Å². The van der Waals surface area contributed by atoms with E-state index >= 15 is 0 Å². The number of hydrogen-bond acceptors (Lipinski definition) is 5. The maximum absolute atomic E-state index is 5.58. The summed E-state index contributed by atoms with van der Waals surface area (Å²) in [5.74, 6) is 2.77. The Morgan fingerprint density at radius 2 is 2.16 bits per heavy atom. The van der Waals surface area contributed by atoms with E-state index in [0.29, 0.717) is 0 Å². The van der Waals surface area contributed by atoms with Crippen molar-refractivity contribution in [3.8, 4) is 0 Å². The van der Waals surface area contributed by atoms with Crippen molar-refractivity contribution < 1.29 is 4.42 Å². The Kier molecular flexibility index (Phi) is 2.98.